The van der Waals surface area contributed by atoms with E-state index in [-0.39, 0.29) is 17.3 Å². The van der Waals surface area contributed by atoms with Crippen LogP contribution in [0.4, 0.5) is 5.69 Å². The number of hydrogen-bond acceptors (Lipinski definition) is 6. The minimum absolute atomic E-state index is 0.0656. The van der Waals surface area contributed by atoms with Crippen LogP contribution in [0.5, 0.6) is 5.75 Å². The van der Waals surface area contributed by atoms with Crippen LogP contribution in [-0.2, 0) is 26.2 Å². The van der Waals surface area contributed by atoms with E-state index in [1.807, 2.05) is 51.3 Å². The van der Waals surface area contributed by atoms with Crippen molar-refractivity contribution in [2.45, 2.75) is 56.5 Å². The van der Waals surface area contributed by atoms with Crippen molar-refractivity contribution < 1.29 is 22.7 Å². The molecule has 41 heavy (non-hydrogen) atoms. The van der Waals surface area contributed by atoms with Gasteiger partial charge in [0.25, 0.3) is 10.0 Å². The van der Waals surface area contributed by atoms with E-state index >= 15 is 0 Å². The van der Waals surface area contributed by atoms with Gasteiger partial charge >= 0.3 is 0 Å². The summed E-state index contributed by atoms with van der Waals surface area (Å²) in [5.41, 5.74) is 2.22. The predicted octanol–water partition coefficient (Wildman–Crippen LogP) is 5.25. The van der Waals surface area contributed by atoms with Gasteiger partial charge in [-0.25, -0.2) is 8.42 Å². The number of sulfonamides is 1. The van der Waals surface area contributed by atoms with Crippen molar-refractivity contribution >= 4 is 39.3 Å². The number of carbonyl (C=O) groups excluding carboxylic acids is 2. The number of nitrogens with one attached hydrogen (secondary N) is 1. The number of rotatable bonds is 14. The third-order valence-corrected chi connectivity index (χ3v) is 9.08. The fraction of sp³-hybridized carbons (Fsp3) is 0.355. The molecule has 0 aliphatic carbocycles. The molecule has 3 rings (SSSR count). The van der Waals surface area contributed by atoms with Gasteiger partial charge in [0.15, 0.2) is 0 Å². The topological polar surface area (TPSA) is 96.0 Å². The Hall–Kier alpha value is -3.50. The monoisotopic (exact) mass is 597 g/mol. The molecule has 1 N–H and O–H groups in total. The van der Waals surface area contributed by atoms with Crippen molar-refractivity contribution in [3.63, 3.8) is 0 Å². The van der Waals surface area contributed by atoms with Gasteiger partial charge in [-0.15, -0.1) is 11.8 Å². The molecule has 0 bridgehead atoms. The molecule has 0 saturated heterocycles. The number of benzene rings is 3. The Balaban J connectivity index is 2.02. The molecule has 10 heteroatoms. The number of ether oxygens (including phenoxy) is 1. The van der Waals surface area contributed by atoms with Crippen LogP contribution in [0.1, 0.15) is 38.3 Å². The molecular formula is C31H39N3O5S2. The molecule has 1 atom stereocenters. The zero-order valence-corrected chi connectivity index (χ0v) is 25.9. The summed E-state index contributed by atoms with van der Waals surface area (Å²) in [6.07, 6.45) is 2.67. The first-order chi connectivity index (χ1) is 19.6. The SMILES string of the molecule is CCCNC(=O)[C@H](C)N(Cc1ccc(C)cc1)C(=O)CN(c1ccc(OCC)cc1)S(=O)(=O)c1ccc(SC)cc1. The van der Waals surface area contributed by atoms with E-state index in [1.165, 1.54) is 28.8 Å². The molecule has 220 valence electrons. The van der Waals surface area contributed by atoms with E-state index in [9.17, 15) is 18.0 Å². The highest BCUT2D eigenvalue weighted by Gasteiger charge is 2.32. The predicted molar refractivity (Wildman–Crippen MR) is 165 cm³/mol. The second-order valence-electron chi connectivity index (χ2n) is 9.59. The largest absolute Gasteiger partial charge is 0.494 e. The standard InChI is InChI=1S/C31H39N3O5S2/c1-6-20-32-31(36)24(4)33(21-25-10-8-23(3)9-11-25)30(35)22-34(26-12-14-27(15-13-26)39-7-2)41(37,38)29-18-16-28(40-5)17-19-29/h8-19,24H,6-7,20-22H2,1-5H3,(H,32,36)/t24-/m0/s1. The Morgan fingerprint density at radius 2 is 1.59 bits per heavy atom. The molecule has 2 amide bonds. The van der Waals surface area contributed by atoms with Gasteiger partial charge in [-0.1, -0.05) is 36.8 Å². The molecule has 0 saturated carbocycles. The van der Waals surface area contributed by atoms with Crippen LogP contribution in [0.25, 0.3) is 0 Å². The zero-order valence-electron chi connectivity index (χ0n) is 24.3. The van der Waals surface area contributed by atoms with E-state index in [4.69, 9.17) is 4.74 Å². The molecule has 0 fully saturated rings. The number of nitrogens with zero attached hydrogens (tertiary/aromatic N) is 2. The summed E-state index contributed by atoms with van der Waals surface area (Å²) >= 11 is 1.51. The molecule has 0 aliphatic rings. The fourth-order valence-corrected chi connectivity index (χ4v) is 5.97. The number of anilines is 1. The second kappa shape index (κ2) is 14.9. The fourth-order valence-electron chi connectivity index (χ4n) is 4.15. The van der Waals surface area contributed by atoms with E-state index in [0.29, 0.717) is 24.6 Å². The number of carbonyl (C=O) groups is 2. The minimum Gasteiger partial charge on any atom is -0.494 e. The highest BCUT2D eigenvalue weighted by molar-refractivity contribution is 7.98. The molecule has 8 nitrogen and oxygen atoms in total. The van der Waals surface area contributed by atoms with E-state index in [1.54, 1.807) is 43.3 Å². The van der Waals surface area contributed by atoms with Crippen LogP contribution in [-0.4, -0.2) is 57.1 Å². The average molecular weight is 598 g/mol. The molecule has 3 aromatic carbocycles. The molecule has 0 aliphatic heterocycles. The Morgan fingerprint density at radius 1 is 0.951 bits per heavy atom. The summed E-state index contributed by atoms with van der Waals surface area (Å²) in [6.45, 7) is 8.06. The van der Waals surface area contributed by atoms with Crippen LogP contribution in [0.2, 0.25) is 0 Å². The van der Waals surface area contributed by atoms with Gasteiger partial charge in [0, 0.05) is 18.0 Å². The van der Waals surface area contributed by atoms with Gasteiger partial charge in [0.2, 0.25) is 11.8 Å². The Morgan fingerprint density at radius 3 is 2.15 bits per heavy atom. The minimum atomic E-state index is -4.14. The van der Waals surface area contributed by atoms with Crippen molar-refractivity contribution in [3.05, 3.63) is 83.9 Å². The first-order valence-corrected chi connectivity index (χ1v) is 16.3. The summed E-state index contributed by atoms with van der Waals surface area (Å²) in [6, 6.07) is 20.0. The molecular weight excluding hydrogens is 558 g/mol. The lowest BCUT2D eigenvalue weighted by Gasteiger charge is -2.32. The van der Waals surface area contributed by atoms with Crippen LogP contribution >= 0.6 is 11.8 Å². The Labute approximate surface area is 248 Å². The maximum atomic E-state index is 14.0. The van der Waals surface area contributed by atoms with Crippen LogP contribution < -0.4 is 14.4 Å². The van der Waals surface area contributed by atoms with Crippen LogP contribution in [0.3, 0.4) is 0 Å². The molecule has 0 radical (unpaired) electrons. The van der Waals surface area contributed by atoms with Crippen molar-refractivity contribution in [1.29, 1.82) is 0 Å². The van der Waals surface area contributed by atoms with Crippen molar-refractivity contribution in [2.75, 3.05) is 30.3 Å². The van der Waals surface area contributed by atoms with E-state index in [0.717, 1.165) is 26.7 Å². The van der Waals surface area contributed by atoms with Crippen LogP contribution in [0, 0.1) is 6.92 Å². The second-order valence-corrected chi connectivity index (χ2v) is 12.3. The lowest BCUT2D eigenvalue weighted by Crippen LogP contribution is -2.51. The summed E-state index contributed by atoms with van der Waals surface area (Å²) in [7, 11) is -4.14. The van der Waals surface area contributed by atoms with Crippen molar-refractivity contribution in [1.82, 2.24) is 10.2 Å². The van der Waals surface area contributed by atoms with Crippen LogP contribution in [0.15, 0.2) is 82.6 Å². The molecule has 0 heterocycles. The zero-order chi connectivity index (χ0) is 30.0. The summed E-state index contributed by atoms with van der Waals surface area (Å²) in [5, 5.41) is 2.85. The normalized spacial score (nSPS) is 11.9. The summed E-state index contributed by atoms with van der Waals surface area (Å²) in [5.74, 6) is -0.204. The lowest BCUT2D eigenvalue weighted by atomic mass is 10.1. The molecule has 0 aromatic heterocycles. The van der Waals surface area contributed by atoms with Gasteiger partial charge in [0.1, 0.15) is 18.3 Å². The van der Waals surface area contributed by atoms with Gasteiger partial charge < -0.3 is 15.0 Å². The van der Waals surface area contributed by atoms with Gasteiger partial charge in [0.05, 0.1) is 17.2 Å². The van der Waals surface area contributed by atoms with Gasteiger partial charge in [-0.05, 0) is 87.5 Å². The maximum Gasteiger partial charge on any atom is 0.264 e. The van der Waals surface area contributed by atoms with Gasteiger partial charge in [-0.2, -0.15) is 0 Å². The average Bonchev–Trinajstić information content (AvgIpc) is 2.98. The highest BCUT2D eigenvalue weighted by Crippen LogP contribution is 2.28. The van der Waals surface area contributed by atoms with E-state index in [2.05, 4.69) is 5.32 Å². The molecule has 0 spiro atoms. The molecule has 0 unspecified atom stereocenters. The highest BCUT2D eigenvalue weighted by atomic mass is 32.2. The third kappa shape index (κ3) is 8.50. The Kier molecular flexibility index (Phi) is 11.7. The third-order valence-electron chi connectivity index (χ3n) is 6.55. The Bertz CT molecular complexity index is 1390. The molecule has 3 aromatic rings. The van der Waals surface area contributed by atoms with Crippen molar-refractivity contribution in [2.24, 2.45) is 0 Å². The number of hydrogen-bond donors (Lipinski definition) is 1. The first kappa shape index (κ1) is 32.0. The lowest BCUT2D eigenvalue weighted by molar-refractivity contribution is -0.139. The first-order valence-electron chi connectivity index (χ1n) is 13.6. The number of amides is 2. The number of thioether (sulfide) groups is 1. The smallest absolute Gasteiger partial charge is 0.264 e. The van der Waals surface area contributed by atoms with Crippen molar-refractivity contribution in [3.8, 4) is 5.75 Å². The number of aryl methyl sites for hydroxylation is 1. The maximum absolute atomic E-state index is 14.0. The van der Waals surface area contributed by atoms with E-state index < -0.39 is 28.5 Å². The van der Waals surface area contributed by atoms with Gasteiger partial charge in [-0.3, -0.25) is 13.9 Å². The summed E-state index contributed by atoms with van der Waals surface area (Å²) < 4.78 is 34.6. The summed E-state index contributed by atoms with van der Waals surface area (Å²) in [4.78, 5) is 29.4. The quantitative estimate of drug-likeness (QED) is 0.255.